The van der Waals surface area contributed by atoms with E-state index in [9.17, 15) is 0 Å². The molecule has 0 aromatic heterocycles. The van der Waals surface area contributed by atoms with Crippen LogP contribution in [0.25, 0.3) is 0 Å². The maximum absolute atomic E-state index is 5.65. The minimum Gasteiger partial charge on any atom is -0.467 e. The van der Waals surface area contributed by atoms with Gasteiger partial charge in [0.1, 0.15) is 5.75 Å². The van der Waals surface area contributed by atoms with Gasteiger partial charge in [-0.15, -0.1) is 0 Å². The molecule has 3 nitrogen and oxygen atoms in total. The average molecular weight is 303 g/mol. The van der Waals surface area contributed by atoms with Gasteiger partial charge in [-0.2, -0.15) is 0 Å². The van der Waals surface area contributed by atoms with Crippen LogP contribution in [0.5, 0.6) is 5.75 Å². The van der Waals surface area contributed by atoms with E-state index in [0.29, 0.717) is 8.58 Å². The summed E-state index contributed by atoms with van der Waals surface area (Å²) in [4.78, 5) is 0. The minimum atomic E-state index is 0.277. The summed E-state index contributed by atoms with van der Waals surface area (Å²) in [5.41, 5.74) is 2.63. The Balaban J connectivity index is 2.25. The minimum absolute atomic E-state index is 0.277. The van der Waals surface area contributed by atoms with Gasteiger partial charge in [0.25, 0.3) is 0 Å². The van der Waals surface area contributed by atoms with Crippen molar-refractivity contribution in [1.82, 2.24) is 5.32 Å². The van der Waals surface area contributed by atoms with E-state index < -0.39 is 0 Å². The summed E-state index contributed by atoms with van der Waals surface area (Å²) in [7, 11) is 4.18. The normalized spacial score (nSPS) is 11.2. The summed E-state index contributed by atoms with van der Waals surface area (Å²) in [6.45, 7) is 3.28. The SMILES string of the molecule is CNCc1cc(C)ccc1Pc1ccccc1OCOC. The lowest BCUT2D eigenvalue weighted by Gasteiger charge is -2.14. The van der Waals surface area contributed by atoms with Crippen molar-refractivity contribution in [2.45, 2.75) is 13.5 Å². The first-order valence-corrected chi connectivity index (χ1v) is 7.96. The maximum Gasteiger partial charge on any atom is 0.188 e. The highest BCUT2D eigenvalue weighted by Gasteiger charge is 2.08. The molecule has 0 radical (unpaired) electrons. The topological polar surface area (TPSA) is 30.5 Å². The number of hydrogen-bond acceptors (Lipinski definition) is 3. The van der Waals surface area contributed by atoms with Gasteiger partial charge in [-0.25, -0.2) is 0 Å². The molecule has 0 heterocycles. The van der Waals surface area contributed by atoms with E-state index >= 15 is 0 Å². The quantitative estimate of drug-likeness (QED) is 0.629. The van der Waals surface area contributed by atoms with Crippen molar-refractivity contribution in [2.24, 2.45) is 0 Å². The van der Waals surface area contributed by atoms with Crippen molar-refractivity contribution in [2.75, 3.05) is 21.0 Å². The van der Waals surface area contributed by atoms with E-state index in [-0.39, 0.29) is 6.79 Å². The molecule has 0 aliphatic rings. The predicted octanol–water partition coefficient (Wildman–Crippen LogP) is 2.33. The molecule has 2 aromatic carbocycles. The van der Waals surface area contributed by atoms with Crippen LogP contribution in [0.2, 0.25) is 0 Å². The summed E-state index contributed by atoms with van der Waals surface area (Å²) >= 11 is 0. The Morgan fingerprint density at radius 1 is 1.10 bits per heavy atom. The van der Waals surface area contributed by atoms with Gasteiger partial charge < -0.3 is 14.8 Å². The fraction of sp³-hybridized carbons (Fsp3) is 0.294. The van der Waals surface area contributed by atoms with Crippen LogP contribution in [-0.4, -0.2) is 21.0 Å². The average Bonchev–Trinajstić information content (AvgIpc) is 2.49. The van der Waals surface area contributed by atoms with Crippen LogP contribution < -0.4 is 20.7 Å². The molecular weight excluding hydrogens is 281 g/mol. The summed E-state index contributed by atoms with van der Waals surface area (Å²) in [5.74, 6) is 0.897. The van der Waals surface area contributed by atoms with Crippen molar-refractivity contribution in [3.8, 4) is 5.75 Å². The number of rotatable bonds is 7. The molecule has 0 spiro atoms. The largest absolute Gasteiger partial charge is 0.467 e. The standard InChI is InChI=1S/C17H22NO2P/c1-13-8-9-16(14(10-13)11-18-2)21-17-7-5-4-6-15(17)20-12-19-3/h4-10,18,21H,11-12H2,1-3H3. The molecule has 0 saturated heterocycles. The van der Waals surface area contributed by atoms with Gasteiger partial charge in [-0.1, -0.05) is 50.5 Å². The lowest BCUT2D eigenvalue weighted by Crippen LogP contribution is -2.16. The van der Waals surface area contributed by atoms with E-state index in [2.05, 4.69) is 36.5 Å². The molecule has 0 bridgehead atoms. The fourth-order valence-electron chi connectivity index (χ4n) is 2.14. The van der Waals surface area contributed by atoms with E-state index in [1.165, 1.54) is 21.7 Å². The van der Waals surface area contributed by atoms with Crippen molar-refractivity contribution in [3.05, 3.63) is 53.6 Å². The van der Waals surface area contributed by atoms with Crippen LogP contribution in [0.1, 0.15) is 11.1 Å². The van der Waals surface area contributed by atoms with Crippen LogP contribution in [0.4, 0.5) is 0 Å². The van der Waals surface area contributed by atoms with Crippen LogP contribution in [0.3, 0.4) is 0 Å². The van der Waals surface area contributed by atoms with Crippen molar-refractivity contribution < 1.29 is 9.47 Å². The third-order valence-electron chi connectivity index (χ3n) is 3.12. The molecule has 0 fully saturated rings. The Morgan fingerprint density at radius 2 is 1.90 bits per heavy atom. The molecule has 21 heavy (non-hydrogen) atoms. The van der Waals surface area contributed by atoms with Gasteiger partial charge in [0.2, 0.25) is 0 Å². The molecule has 112 valence electrons. The second-order valence-corrected chi connectivity index (χ2v) is 6.19. The Hall–Kier alpha value is -1.41. The second-order valence-electron chi connectivity index (χ2n) is 4.86. The van der Waals surface area contributed by atoms with Crippen molar-refractivity contribution in [3.63, 3.8) is 0 Å². The summed E-state index contributed by atoms with van der Waals surface area (Å²) in [6, 6.07) is 14.8. The third-order valence-corrected chi connectivity index (χ3v) is 4.56. The zero-order chi connectivity index (χ0) is 15.1. The second kappa shape index (κ2) is 8.14. The molecule has 0 aliphatic heterocycles. The molecule has 1 atom stereocenters. The van der Waals surface area contributed by atoms with Crippen LogP contribution in [0.15, 0.2) is 42.5 Å². The van der Waals surface area contributed by atoms with Gasteiger partial charge in [-0.05, 0) is 30.9 Å². The molecule has 2 aromatic rings. The first-order valence-electron chi connectivity index (χ1n) is 6.96. The number of methoxy groups -OCH3 is 1. The summed E-state index contributed by atoms with van der Waals surface area (Å²) in [6.07, 6.45) is 0. The molecular formula is C17H22NO2P. The fourth-order valence-corrected chi connectivity index (χ4v) is 3.38. The van der Waals surface area contributed by atoms with Crippen LogP contribution >= 0.6 is 8.58 Å². The molecule has 1 unspecified atom stereocenters. The van der Waals surface area contributed by atoms with E-state index in [4.69, 9.17) is 9.47 Å². The first-order chi connectivity index (χ1) is 10.2. The van der Waals surface area contributed by atoms with Gasteiger partial charge in [0.15, 0.2) is 6.79 Å². The van der Waals surface area contributed by atoms with E-state index in [1.54, 1.807) is 7.11 Å². The molecule has 1 N–H and O–H groups in total. The maximum atomic E-state index is 5.65. The number of aryl methyl sites for hydroxylation is 1. The molecule has 0 amide bonds. The molecule has 0 aliphatic carbocycles. The monoisotopic (exact) mass is 303 g/mol. The van der Waals surface area contributed by atoms with Gasteiger partial charge in [-0.3, -0.25) is 0 Å². The lowest BCUT2D eigenvalue weighted by molar-refractivity contribution is 0.0519. The molecule has 0 saturated carbocycles. The number of para-hydroxylation sites is 1. The predicted molar refractivity (Wildman–Crippen MR) is 90.5 cm³/mol. The van der Waals surface area contributed by atoms with Gasteiger partial charge in [0, 0.05) is 19.0 Å². The van der Waals surface area contributed by atoms with Gasteiger partial charge >= 0.3 is 0 Å². The number of benzene rings is 2. The Morgan fingerprint density at radius 3 is 2.67 bits per heavy atom. The Labute approximate surface area is 128 Å². The van der Waals surface area contributed by atoms with Crippen LogP contribution in [0, 0.1) is 6.92 Å². The zero-order valence-electron chi connectivity index (χ0n) is 12.8. The van der Waals surface area contributed by atoms with E-state index in [0.717, 1.165) is 12.3 Å². The third kappa shape index (κ3) is 4.53. The first kappa shape index (κ1) is 16.0. The molecule has 4 heteroatoms. The van der Waals surface area contributed by atoms with Crippen molar-refractivity contribution >= 4 is 19.2 Å². The summed E-state index contributed by atoms with van der Waals surface area (Å²) in [5, 5.41) is 5.79. The molecule has 2 rings (SSSR count). The Bertz CT molecular complexity index is 587. The van der Waals surface area contributed by atoms with E-state index in [1.807, 2.05) is 25.2 Å². The van der Waals surface area contributed by atoms with Gasteiger partial charge in [0.05, 0.1) is 0 Å². The lowest BCUT2D eigenvalue weighted by atomic mass is 10.1. The van der Waals surface area contributed by atoms with Crippen LogP contribution in [-0.2, 0) is 11.3 Å². The number of nitrogens with one attached hydrogen (secondary N) is 1. The smallest absolute Gasteiger partial charge is 0.188 e. The Kier molecular flexibility index (Phi) is 6.19. The number of hydrogen-bond donors (Lipinski definition) is 1. The highest BCUT2D eigenvalue weighted by molar-refractivity contribution is 7.55. The highest BCUT2D eigenvalue weighted by atomic mass is 31.1. The highest BCUT2D eigenvalue weighted by Crippen LogP contribution is 2.21. The summed E-state index contributed by atoms with van der Waals surface area (Å²) < 4.78 is 10.7. The zero-order valence-corrected chi connectivity index (χ0v) is 13.8. The number of ether oxygens (including phenoxy) is 2. The van der Waals surface area contributed by atoms with Crippen molar-refractivity contribution in [1.29, 1.82) is 0 Å².